The molecule has 0 aliphatic carbocycles. The normalized spacial score (nSPS) is 17.1. The number of likely N-dealkylation sites (N-methyl/N-ethyl adjacent to an activating group) is 1. The Kier molecular flexibility index (Phi) is 8.47. The van der Waals surface area contributed by atoms with E-state index in [1.54, 1.807) is 7.05 Å². The van der Waals surface area contributed by atoms with Crippen molar-refractivity contribution in [3.8, 4) is 0 Å². The maximum absolute atomic E-state index is 12.1. The van der Waals surface area contributed by atoms with Crippen LogP contribution in [0, 0.1) is 0 Å². The number of aliphatic imine (C=N–C) groups is 1. The Bertz CT molecular complexity index is 863. The third-order valence-electron chi connectivity index (χ3n) is 5.99. The fourth-order valence-electron chi connectivity index (χ4n) is 4.30. The van der Waals surface area contributed by atoms with E-state index in [0.29, 0.717) is 19.0 Å². The van der Waals surface area contributed by atoms with E-state index in [4.69, 9.17) is 0 Å². The number of anilines is 1. The summed E-state index contributed by atoms with van der Waals surface area (Å²) in [5.74, 6) is 0.970. The summed E-state index contributed by atoms with van der Waals surface area (Å²) in [4.78, 5) is 19.0. The van der Waals surface area contributed by atoms with Crippen LogP contribution in [0.15, 0.2) is 59.6 Å². The highest BCUT2D eigenvalue weighted by molar-refractivity contribution is 5.94. The number of nitrogens with one attached hydrogen (secondary N) is 3. The van der Waals surface area contributed by atoms with E-state index in [1.165, 1.54) is 11.1 Å². The van der Waals surface area contributed by atoms with Gasteiger partial charge in [-0.15, -0.1) is 0 Å². The zero-order valence-electron chi connectivity index (χ0n) is 18.9. The number of para-hydroxylation sites is 1. The first-order valence-electron chi connectivity index (χ1n) is 11.3. The lowest BCUT2D eigenvalue weighted by Gasteiger charge is -2.31. The monoisotopic (exact) mass is 421 g/mol. The molecule has 6 nitrogen and oxygen atoms in total. The summed E-state index contributed by atoms with van der Waals surface area (Å²) in [5.41, 5.74) is 3.43. The van der Waals surface area contributed by atoms with Gasteiger partial charge in [0.2, 0.25) is 5.91 Å². The summed E-state index contributed by atoms with van der Waals surface area (Å²) >= 11 is 0. The molecule has 0 saturated heterocycles. The van der Waals surface area contributed by atoms with Gasteiger partial charge in [0.15, 0.2) is 5.96 Å². The Morgan fingerprint density at radius 1 is 1.10 bits per heavy atom. The molecule has 2 unspecified atom stereocenters. The van der Waals surface area contributed by atoms with Gasteiger partial charge in [-0.25, -0.2) is 0 Å². The van der Waals surface area contributed by atoms with Gasteiger partial charge in [-0.1, -0.05) is 62.4 Å². The molecule has 2 aromatic rings. The van der Waals surface area contributed by atoms with E-state index in [2.05, 4.69) is 76.1 Å². The maximum atomic E-state index is 12.1. The number of rotatable bonds is 9. The van der Waals surface area contributed by atoms with Crippen LogP contribution in [0.1, 0.15) is 37.3 Å². The van der Waals surface area contributed by atoms with Crippen molar-refractivity contribution >= 4 is 17.6 Å². The summed E-state index contributed by atoms with van der Waals surface area (Å²) in [6, 6.07) is 19.0. The fraction of sp³-hybridized carbons (Fsp3) is 0.440. The van der Waals surface area contributed by atoms with Crippen molar-refractivity contribution in [2.75, 3.05) is 38.5 Å². The van der Waals surface area contributed by atoms with Gasteiger partial charge in [0.05, 0.1) is 0 Å². The highest BCUT2D eigenvalue weighted by Crippen LogP contribution is 2.31. The number of amides is 1. The number of nitrogens with zero attached hydrogens (tertiary/aromatic N) is 2. The Morgan fingerprint density at radius 2 is 1.81 bits per heavy atom. The van der Waals surface area contributed by atoms with Crippen LogP contribution in [0.4, 0.5) is 5.69 Å². The molecule has 1 aliphatic rings. The molecular formula is C25H35N5O. The van der Waals surface area contributed by atoms with Crippen molar-refractivity contribution in [3.05, 3.63) is 65.7 Å². The van der Waals surface area contributed by atoms with Crippen LogP contribution in [-0.4, -0.2) is 56.0 Å². The number of carbonyl (C=O) groups excluding carboxylic acids is 1. The fourth-order valence-corrected chi connectivity index (χ4v) is 4.30. The highest BCUT2D eigenvalue weighted by Gasteiger charge is 2.25. The van der Waals surface area contributed by atoms with E-state index < -0.39 is 0 Å². The Hall–Kier alpha value is -2.86. The zero-order valence-corrected chi connectivity index (χ0v) is 18.9. The van der Waals surface area contributed by atoms with Crippen LogP contribution < -0.4 is 16.0 Å². The molecule has 0 spiro atoms. The van der Waals surface area contributed by atoms with E-state index in [9.17, 15) is 4.79 Å². The molecule has 166 valence electrons. The van der Waals surface area contributed by atoms with Crippen LogP contribution in [0.5, 0.6) is 0 Å². The van der Waals surface area contributed by atoms with Crippen LogP contribution in [0.2, 0.25) is 0 Å². The molecule has 1 heterocycles. The van der Waals surface area contributed by atoms with Gasteiger partial charge in [-0.2, -0.15) is 0 Å². The average molecular weight is 422 g/mol. The Morgan fingerprint density at radius 3 is 2.52 bits per heavy atom. The molecule has 0 bridgehead atoms. The largest absolute Gasteiger partial charge is 0.356 e. The molecule has 2 atom stereocenters. The molecule has 0 radical (unpaired) electrons. The lowest BCUT2D eigenvalue weighted by molar-refractivity contribution is -0.116. The number of carbonyl (C=O) groups is 1. The topological polar surface area (TPSA) is 68.8 Å². The van der Waals surface area contributed by atoms with Crippen LogP contribution in [-0.2, 0) is 11.2 Å². The van der Waals surface area contributed by atoms with E-state index in [1.807, 2.05) is 18.2 Å². The van der Waals surface area contributed by atoms with E-state index >= 15 is 0 Å². The molecule has 1 amide bonds. The molecule has 0 aromatic heterocycles. The Labute approximate surface area is 186 Å². The van der Waals surface area contributed by atoms with Crippen LogP contribution in [0.25, 0.3) is 0 Å². The molecule has 3 rings (SSSR count). The lowest BCUT2D eigenvalue weighted by Crippen LogP contribution is -2.48. The quantitative estimate of drug-likeness (QED) is 0.430. The number of hydrogen-bond donors (Lipinski definition) is 3. The predicted octanol–water partition coefficient (Wildman–Crippen LogP) is 3.23. The minimum Gasteiger partial charge on any atom is -0.356 e. The summed E-state index contributed by atoms with van der Waals surface area (Å²) in [6.45, 7) is 7.91. The lowest BCUT2D eigenvalue weighted by atomic mass is 9.90. The van der Waals surface area contributed by atoms with Crippen molar-refractivity contribution in [1.82, 2.24) is 15.5 Å². The van der Waals surface area contributed by atoms with Crippen LogP contribution in [0.3, 0.4) is 0 Å². The van der Waals surface area contributed by atoms with Gasteiger partial charge in [0.1, 0.15) is 0 Å². The number of fused-ring (bicyclic) bond motifs is 1. The van der Waals surface area contributed by atoms with Gasteiger partial charge in [-0.05, 0) is 36.7 Å². The standard InChI is InChI=1S/C25H35N5O/c1-4-30(5-2)21(15-19-11-7-6-8-12-19)18-28-25(26-3)27-17-20-16-24(31)29-23-14-10-9-13-22(20)23/h6-14,20-21H,4-5,15-18H2,1-3H3,(H,29,31)(H2,26,27,28). The maximum Gasteiger partial charge on any atom is 0.225 e. The molecule has 0 fully saturated rings. The first kappa shape index (κ1) is 22.8. The van der Waals surface area contributed by atoms with Crippen molar-refractivity contribution in [3.63, 3.8) is 0 Å². The third kappa shape index (κ3) is 6.31. The average Bonchev–Trinajstić information content (AvgIpc) is 2.80. The predicted molar refractivity (Wildman–Crippen MR) is 129 cm³/mol. The van der Waals surface area contributed by atoms with Gasteiger partial charge >= 0.3 is 0 Å². The number of hydrogen-bond acceptors (Lipinski definition) is 3. The third-order valence-corrected chi connectivity index (χ3v) is 5.99. The van der Waals surface area contributed by atoms with Crippen molar-refractivity contribution in [1.29, 1.82) is 0 Å². The highest BCUT2D eigenvalue weighted by atomic mass is 16.1. The van der Waals surface area contributed by atoms with Gasteiger partial charge in [0.25, 0.3) is 0 Å². The molecule has 3 N–H and O–H groups in total. The smallest absolute Gasteiger partial charge is 0.225 e. The summed E-state index contributed by atoms with van der Waals surface area (Å²) in [7, 11) is 1.79. The SMILES string of the molecule is CCN(CC)C(CNC(=NC)NCC1CC(=O)Nc2ccccc21)Cc1ccccc1. The first-order chi connectivity index (χ1) is 15.1. The van der Waals surface area contributed by atoms with Crippen molar-refractivity contribution in [2.24, 2.45) is 4.99 Å². The number of guanidine groups is 1. The van der Waals surface area contributed by atoms with Gasteiger partial charge in [0, 0.05) is 44.2 Å². The molecule has 31 heavy (non-hydrogen) atoms. The van der Waals surface area contributed by atoms with Crippen molar-refractivity contribution in [2.45, 2.75) is 38.6 Å². The Balaban J connectivity index is 1.60. The minimum atomic E-state index is 0.0675. The zero-order chi connectivity index (χ0) is 22.1. The van der Waals surface area contributed by atoms with E-state index in [-0.39, 0.29) is 11.8 Å². The van der Waals surface area contributed by atoms with Gasteiger partial charge < -0.3 is 16.0 Å². The molecule has 1 aliphatic heterocycles. The molecular weight excluding hydrogens is 386 g/mol. The summed E-state index contributed by atoms with van der Waals surface area (Å²) < 4.78 is 0. The van der Waals surface area contributed by atoms with Gasteiger partial charge in [-0.3, -0.25) is 14.7 Å². The second-order valence-electron chi connectivity index (χ2n) is 7.94. The molecule has 6 heteroatoms. The minimum absolute atomic E-state index is 0.0675. The second-order valence-corrected chi connectivity index (χ2v) is 7.94. The summed E-state index contributed by atoms with van der Waals surface area (Å²) in [5, 5.41) is 9.91. The number of benzene rings is 2. The first-order valence-corrected chi connectivity index (χ1v) is 11.3. The van der Waals surface area contributed by atoms with E-state index in [0.717, 1.165) is 37.7 Å². The molecule has 2 aromatic carbocycles. The van der Waals surface area contributed by atoms with Crippen LogP contribution >= 0.6 is 0 Å². The molecule has 0 saturated carbocycles. The summed E-state index contributed by atoms with van der Waals surface area (Å²) in [6.07, 6.45) is 1.47. The second kappa shape index (κ2) is 11.5. The van der Waals surface area contributed by atoms with Crippen molar-refractivity contribution < 1.29 is 4.79 Å².